The molecule has 128 valence electrons. The first-order chi connectivity index (χ1) is 11.9. The Hall–Kier alpha value is -2.89. The zero-order valence-electron chi connectivity index (χ0n) is 13.4. The summed E-state index contributed by atoms with van der Waals surface area (Å²) in [5.41, 5.74) is 0.177. The summed E-state index contributed by atoms with van der Waals surface area (Å²) in [6, 6.07) is 15.9. The average Bonchev–Trinajstić information content (AvgIpc) is 2.60. The number of nitrogens with zero attached hydrogens (tertiary/aromatic N) is 2. The molecule has 3 rings (SSSR count). The molecule has 0 saturated carbocycles. The van der Waals surface area contributed by atoms with Crippen molar-refractivity contribution in [1.29, 1.82) is 0 Å². The Morgan fingerprint density at radius 3 is 2.44 bits per heavy atom. The van der Waals surface area contributed by atoms with E-state index in [1.807, 2.05) is 18.2 Å². The predicted molar refractivity (Wildman–Crippen MR) is 89.0 cm³/mol. The lowest BCUT2D eigenvalue weighted by Gasteiger charge is -2.20. The lowest BCUT2D eigenvalue weighted by molar-refractivity contribution is -0.138. The molecule has 1 amide bonds. The fraction of sp³-hybridized carbons (Fsp3) is 0.158. The van der Waals surface area contributed by atoms with E-state index in [4.69, 9.17) is 0 Å². The first kappa shape index (κ1) is 17.0. The number of carbonyl (C=O) groups excluding carboxylic acids is 1. The Morgan fingerprint density at radius 2 is 1.68 bits per heavy atom. The summed E-state index contributed by atoms with van der Waals surface area (Å²) in [4.78, 5) is 18.1. The molecule has 0 radical (unpaired) electrons. The van der Waals surface area contributed by atoms with Crippen molar-refractivity contribution >= 4 is 16.8 Å². The van der Waals surface area contributed by atoms with Crippen LogP contribution in [0, 0.1) is 0 Å². The van der Waals surface area contributed by atoms with Gasteiger partial charge in [0.1, 0.15) is 5.69 Å². The van der Waals surface area contributed by atoms with Gasteiger partial charge in [-0.2, -0.15) is 13.2 Å². The Morgan fingerprint density at radius 1 is 1.00 bits per heavy atom. The maximum absolute atomic E-state index is 13.1. The summed E-state index contributed by atoms with van der Waals surface area (Å²) in [6.45, 7) is -0.150. The van der Waals surface area contributed by atoms with Crippen LogP contribution in [0.4, 0.5) is 13.2 Å². The van der Waals surface area contributed by atoms with Gasteiger partial charge in [0.05, 0.1) is 11.1 Å². The van der Waals surface area contributed by atoms with Crippen LogP contribution in [0.25, 0.3) is 10.9 Å². The Kier molecular flexibility index (Phi) is 4.44. The number of fused-ring (bicyclic) bond motifs is 1. The van der Waals surface area contributed by atoms with Gasteiger partial charge in [0.15, 0.2) is 0 Å². The second kappa shape index (κ2) is 6.55. The summed E-state index contributed by atoms with van der Waals surface area (Å²) in [5, 5.41) is 0.893. The first-order valence-electron chi connectivity index (χ1n) is 7.62. The molecule has 25 heavy (non-hydrogen) atoms. The highest BCUT2D eigenvalue weighted by Crippen LogP contribution is 2.32. The smallest absolute Gasteiger partial charge is 0.336 e. The number of carbonyl (C=O) groups is 1. The molecule has 0 fully saturated rings. The molecule has 0 aliphatic rings. The standard InChI is InChI=1S/C19H15F3N2O/c1-24(12-14-7-2-4-8-15(14)19(20,21)22)18(25)17-11-10-13-6-3-5-9-16(13)23-17/h2-11H,12H2,1H3. The fourth-order valence-electron chi connectivity index (χ4n) is 2.64. The molecule has 0 unspecified atom stereocenters. The summed E-state index contributed by atoms with van der Waals surface area (Å²) >= 11 is 0. The van der Waals surface area contributed by atoms with E-state index in [2.05, 4.69) is 4.98 Å². The first-order valence-corrected chi connectivity index (χ1v) is 7.62. The third-order valence-electron chi connectivity index (χ3n) is 3.89. The van der Waals surface area contributed by atoms with E-state index in [0.717, 1.165) is 11.5 Å². The highest BCUT2D eigenvalue weighted by Gasteiger charge is 2.33. The molecule has 1 heterocycles. The van der Waals surface area contributed by atoms with Crippen LogP contribution < -0.4 is 0 Å². The Labute approximate surface area is 142 Å². The SMILES string of the molecule is CN(Cc1ccccc1C(F)(F)F)C(=O)c1ccc2ccccc2n1. The van der Waals surface area contributed by atoms with E-state index in [9.17, 15) is 18.0 Å². The largest absolute Gasteiger partial charge is 0.416 e. The normalized spacial score (nSPS) is 11.5. The van der Waals surface area contributed by atoms with Gasteiger partial charge in [-0.1, -0.05) is 42.5 Å². The van der Waals surface area contributed by atoms with Crippen molar-refractivity contribution in [1.82, 2.24) is 9.88 Å². The van der Waals surface area contributed by atoms with Gasteiger partial charge in [0.2, 0.25) is 0 Å². The minimum absolute atomic E-state index is 0.0478. The van der Waals surface area contributed by atoms with Crippen molar-refractivity contribution in [2.75, 3.05) is 7.05 Å². The van der Waals surface area contributed by atoms with Crippen LogP contribution in [0.2, 0.25) is 0 Å². The molecule has 0 spiro atoms. The monoisotopic (exact) mass is 344 g/mol. The van der Waals surface area contributed by atoms with Gasteiger partial charge in [-0.05, 0) is 23.8 Å². The molecule has 3 aromatic rings. The fourth-order valence-corrected chi connectivity index (χ4v) is 2.64. The molecular formula is C19H15F3N2O. The van der Waals surface area contributed by atoms with E-state index in [-0.39, 0.29) is 17.8 Å². The number of aromatic nitrogens is 1. The molecule has 0 saturated heterocycles. The number of para-hydroxylation sites is 1. The minimum atomic E-state index is -4.46. The third-order valence-corrected chi connectivity index (χ3v) is 3.89. The van der Waals surface area contributed by atoms with E-state index in [0.29, 0.717) is 5.52 Å². The topological polar surface area (TPSA) is 33.2 Å². The average molecular weight is 344 g/mol. The van der Waals surface area contributed by atoms with Gasteiger partial charge in [-0.25, -0.2) is 4.98 Å². The van der Waals surface area contributed by atoms with E-state index < -0.39 is 17.6 Å². The molecule has 0 N–H and O–H groups in total. The second-order valence-electron chi connectivity index (χ2n) is 5.71. The lowest BCUT2D eigenvalue weighted by Crippen LogP contribution is -2.28. The lowest BCUT2D eigenvalue weighted by atomic mass is 10.1. The van der Waals surface area contributed by atoms with Gasteiger partial charge in [0.25, 0.3) is 5.91 Å². The molecule has 0 aliphatic carbocycles. The van der Waals surface area contributed by atoms with Crippen molar-refractivity contribution in [3.8, 4) is 0 Å². The molecule has 1 aromatic heterocycles. The highest BCUT2D eigenvalue weighted by atomic mass is 19.4. The predicted octanol–water partition coefficient (Wildman–Crippen LogP) is 4.53. The number of hydrogen-bond donors (Lipinski definition) is 0. The van der Waals surface area contributed by atoms with Gasteiger partial charge in [-0.15, -0.1) is 0 Å². The summed E-state index contributed by atoms with van der Waals surface area (Å²) in [5.74, 6) is -0.428. The van der Waals surface area contributed by atoms with Gasteiger partial charge in [0, 0.05) is 19.0 Å². The summed E-state index contributed by atoms with van der Waals surface area (Å²) in [6.07, 6.45) is -4.46. The number of benzene rings is 2. The van der Waals surface area contributed by atoms with Crippen LogP contribution in [0.3, 0.4) is 0 Å². The number of pyridine rings is 1. The molecule has 2 aromatic carbocycles. The van der Waals surface area contributed by atoms with E-state index in [1.165, 1.54) is 30.1 Å². The van der Waals surface area contributed by atoms with Crippen molar-refractivity contribution in [2.24, 2.45) is 0 Å². The van der Waals surface area contributed by atoms with Crippen LogP contribution in [-0.2, 0) is 12.7 Å². The summed E-state index contributed by atoms with van der Waals surface area (Å²) < 4.78 is 39.2. The number of alkyl halides is 3. The van der Waals surface area contributed by atoms with Crippen molar-refractivity contribution < 1.29 is 18.0 Å². The van der Waals surface area contributed by atoms with Crippen LogP contribution in [-0.4, -0.2) is 22.8 Å². The number of amides is 1. The molecular weight excluding hydrogens is 329 g/mol. The summed E-state index contributed by atoms with van der Waals surface area (Å²) in [7, 11) is 1.46. The molecule has 3 nitrogen and oxygen atoms in total. The highest BCUT2D eigenvalue weighted by molar-refractivity contribution is 5.94. The molecule has 0 atom stereocenters. The van der Waals surface area contributed by atoms with E-state index in [1.54, 1.807) is 18.2 Å². The van der Waals surface area contributed by atoms with Crippen LogP contribution in [0.1, 0.15) is 21.6 Å². The molecule has 0 aliphatic heterocycles. The second-order valence-corrected chi connectivity index (χ2v) is 5.71. The van der Waals surface area contributed by atoms with Crippen molar-refractivity contribution in [3.05, 3.63) is 77.5 Å². The maximum atomic E-state index is 13.1. The van der Waals surface area contributed by atoms with E-state index >= 15 is 0 Å². The molecule has 0 bridgehead atoms. The number of halogens is 3. The number of hydrogen-bond acceptors (Lipinski definition) is 2. The van der Waals surface area contributed by atoms with Gasteiger partial charge in [-0.3, -0.25) is 4.79 Å². The van der Waals surface area contributed by atoms with Crippen molar-refractivity contribution in [3.63, 3.8) is 0 Å². The van der Waals surface area contributed by atoms with Gasteiger partial charge >= 0.3 is 6.18 Å². The quantitative estimate of drug-likeness (QED) is 0.700. The zero-order valence-corrected chi connectivity index (χ0v) is 13.4. The molecule has 6 heteroatoms. The van der Waals surface area contributed by atoms with Crippen LogP contribution >= 0.6 is 0 Å². The maximum Gasteiger partial charge on any atom is 0.416 e. The third kappa shape index (κ3) is 3.63. The Bertz CT molecular complexity index is 922. The Balaban J connectivity index is 1.85. The van der Waals surface area contributed by atoms with Gasteiger partial charge < -0.3 is 4.90 Å². The van der Waals surface area contributed by atoms with Crippen molar-refractivity contribution in [2.45, 2.75) is 12.7 Å². The van der Waals surface area contributed by atoms with Crippen LogP contribution in [0.15, 0.2) is 60.7 Å². The zero-order chi connectivity index (χ0) is 18.0. The number of rotatable bonds is 3. The van der Waals surface area contributed by atoms with Crippen LogP contribution in [0.5, 0.6) is 0 Å². The minimum Gasteiger partial charge on any atom is -0.336 e.